The van der Waals surface area contributed by atoms with Crippen LogP contribution < -0.4 is 4.74 Å². The molecule has 2 bridgehead atoms. The number of fused-ring (bicyclic) bond motifs is 1. The minimum Gasteiger partial charge on any atom is -0.504 e. The Hall–Kier alpha value is -2.16. The van der Waals surface area contributed by atoms with Crippen molar-refractivity contribution in [2.24, 2.45) is 11.8 Å². The quantitative estimate of drug-likeness (QED) is 0.625. The highest BCUT2D eigenvalue weighted by atomic mass is 16.5. The van der Waals surface area contributed by atoms with Gasteiger partial charge in [0.15, 0.2) is 23.4 Å². The molecule has 2 aliphatic carbocycles. The van der Waals surface area contributed by atoms with E-state index in [0.29, 0.717) is 50.8 Å². The van der Waals surface area contributed by atoms with E-state index in [0.717, 1.165) is 24.2 Å². The molecular weight excluding hydrogens is 436 g/mol. The second kappa shape index (κ2) is 7.67. The molecule has 0 aromatic heterocycles. The summed E-state index contributed by atoms with van der Waals surface area (Å²) in [4.78, 5) is 31.2. The molecule has 3 aliphatic heterocycles. The average Bonchev–Trinajstić information content (AvgIpc) is 3.57. The minimum absolute atomic E-state index is 0.0183. The minimum atomic E-state index is -1.24. The van der Waals surface area contributed by atoms with Crippen molar-refractivity contribution in [2.45, 2.75) is 62.7 Å². The molecule has 5 atom stereocenters. The Bertz CT molecular complexity index is 1030. The fraction of sp³-hybridized carbons (Fsp3) is 0.692. The Labute approximate surface area is 199 Å². The van der Waals surface area contributed by atoms with Crippen LogP contribution in [0.2, 0.25) is 0 Å². The van der Waals surface area contributed by atoms with Crippen molar-refractivity contribution in [3.63, 3.8) is 0 Å². The normalized spacial score (nSPS) is 35.4. The van der Waals surface area contributed by atoms with Gasteiger partial charge in [0.25, 0.3) is 0 Å². The number of morpholine rings is 1. The highest BCUT2D eigenvalue weighted by Gasteiger charge is 2.70. The van der Waals surface area contributed by atoms with Crippen LogP contribution in [0.3, 0.4) is 0 Å². The summed E-state index contributed by atoms with van der Waals surface area (Å²) < 4.78 is 11.6. The molecule has 1 saturated carbocycles. The highest BCUT2D eigenvalue weighted by molar-refractivity contribution is 6.04. The standard InChI is InChI=1S/C26H34N2O6/c1-15(24(31)27-9-11-33-12-10-27)21(30)23-26-7-8-28(14-16-3-4-16)19(25(26,2)32)13-17-5-6-18(29)22(34-23)20(17)26/h5-6,15-16,19,23,29,32H,3-4,7-14H2,1-2H3/t15?,19-,23+,25-,26+/m1/s1. The van der Waals surface area contributed by atoms with Crippen molar-refractivity contribution < 1.29 is 29.3 Å². The third-order valence-electron chi connectivity index (χ3n) is 9.12. The molecule has 6 rings (SSSR count). The van der Waals surface area contributed by atoms with E-state index >= 15 is 0 Å². The van der Waals surface area contributed by atoms with Crippen LogP contribution in [0.1, 0.15) is 44.2 Å². The lowest BCUT2D eigenvalue weighted by Crippen LogP contribution is -2.74. The van der Waals surface area contributed by atoms with Crippen molar-refractivity contribution in [1.29, 1.82) is 0 Å². The van der Waals surface area contributed by atoms with E-state index in [2.05, 4.69) is 4.90 Å². The summed E-state index contributed by atoms with van der Waals surface area (Å²) in [5, 5.41) is 22.9. The molecule has 2 saturated heterocycles. The predicted octanol–water partition coefficient (Wildman–Crippen LogP) is 1.25. The Morgan fingerprint density at radius 1 is 1.21 bits per heavy atom. The second-order valence-corrected chi connectivity index (χ2v) is 11.0. The number of ether oxygens (including phenoxy) is 2. The number of aliphatic hydroxyl groups is 1. The number of phenols is 1. The number of Topliss-reactive ketones (excluding diaryl/α,β-unsaturated/α-hetero) is 1. The summed E-state index contributed by atoms with van der Waals surface area (Å²) in [6.07, 6.45) is 2.64. The monoisotopic (exact) mass is 470 g/mol. The van der Waals surface area contributed by atoms with E-state index < -0.39 is 23.0 Å². The fourth-order valence-corrected chi connectivity index (χ4v) is 6.99. The average molecular weight is 471 g/mol. The lowest BCUT2D eigenvalue weighted by Gasteiger charge is -2.59. The second-order valence-electron chi connectivity index (χ2n) is 11.0. The van der Waals surface area contributed by atoms with E-state index in [9.17, 15) is 19.8 Å². The molecule has 1 aromatic carbocycles. The number of likely N-dealkylation sites (tertiary alicyclic amines) is 1. The molecule has 2 N–H and O–H groups in total. The van der Waals surface area contributed by atoms with Gasteiger partial charge in [0, 0.05) is 31.2 Å². The fourth-order valence-electron chi connectivity index (χ4n) is 6.99. The van der Waals surface area contributed by atoms with Crippen LogP contribution in [-0.4, -0.2) is 88.8 Å². The van der Waals surface area contributed by atoms with E-state index in [-0.39, 0.29) is 23.5 Å². The van der Waals surface area contributed by atoms with Crippen molar-refractivity contribution in [2.75, 3.05) is 39.4 Å². The zero-order valence-electron chi connectivity index (χ0n) is 20.0. The molecule has 5 aliphatic rings. The molecule has 1 spiro atoms. The Balaban J connectivity index is 1.39. The van der Waals surface area contributed by atoms with Gasteiger partial charge in [-0.15, -0.1) is 0 Å². The SMILES string of the molecule is CC(C(=O)[C@@H]1Oc2c(O)ccc3c2[C@@]12CCN(CC1CC1)[C@H](C3)[C@@]2(C)O)C(=O)N1CCOCC1. The van der Waals surface area contributed by atoms with E-state index in [1.807, 2.05) is 13.0 Å². The van der Waals surface area contributed by atoms with Crippen molar-refractivity contribution in [3.05, 3.63) is 23.3 Å². The van der Waals surface area contributed by atoms with Crippen LogP contribution in [0.4, 0.5) is 0 Å². The third kappa shape index (κ3) is 3.01. The molecule has 1 aromatic rings. The number of amides is 1. The molecule has 8 heteroatoms. The maximum Gasteiger partial charge on any atom is 0.233 e. The van der Waals surface area contributed by atoms with Gasteiger partial charge in [-0.1, -0.05) is 6.07 Å². The molecule has 1 unspecified atom stereocenters. The summed E-state index contributed by atoms with van der Waals surface area (Å²) in [6, 6.07) is 3.39. The van der Waals surface area contributed by atoms with Gasteiger partial charge in [0.05, 0.1) is 30.1 Å². The number of carbonyl (C=O) groups excluding carboxylic acids is 2. The van der Waals surface area contributed by atoms with Gasteiger partial charge in [-0.25, -0.2) is 0 Å². The number of rotatable bonds is 5. The van der Waals surface area contributed by atoms with Crippen LogP contribution >= 0.6 is 0 Å². The van der Waals surface area contributed by atoms with Gasteiger partial charge >= 0.3 is 0 Å². The molecule has 184 valence electrons. The summed E-state index contributed by atoms with van der Waals surface area (Å²) in [7, 11) is 0. The molecular formula is C26H34N2O6. The van der Waals surface area contributed by atoms with Gasteiger partial charge in [-0.3, -0.25) is 14.5 Å². The number of nitrogens with zero attached hydrogens (tertiary/aromatic N) is 2. The summed E-state index contributed by atoms with van der Waals surface area (Å²) >= 11 is 0. The van der Waals surface area contributed by atoms with E-state index in [4.69, 9.17) is 9.47 Å². The largest absolute Gasteiger partial charge is 0.504 e. The van der Waals surface area contributed by atoms with Gasteiger partial charge in [-0.05, 0) is 63.6 Å². The van der Waals surface area contributed by atoms with Crippen molar-refractivity contribution >= 4 is 11.7 Å². The first-order valence-electron chi connectivity index (χ1n) is 12.6. The Morgan fingerprint density at radius 3 is 2.65 bits per heavy atom. The summed E-state index contributed by atoms with van der Waals surface area (Å²) in [5.41, 5.74) is -0.443. The number of hydrogen-bond acceptors (Lipinski definition) is 7. The molecule has 3 fully saturated rings. The topological polar surface area (TPSA) is 99.5 Å². The molecule has 1 amide bonds. The number of piperidine rings is 1. The first-order chi connectivity index (χ1) is 16.3. The van der Waals surface area contributed by atoms with Gasteiger partial charge in [0.2, 0.25) is 5.91 Å². The lowest BCUT2D eigenvalue weighted by molar-refractivity contribution is -0.168. The first-order valence-corrected chi connectivity index (χ1v) is 12.6. The van der Waals surface area contributed by atoms with E-state index in [1.54, 1.807) is 17.9 Å². The molecule has 0 radical (unpaired) electrons. The van der Waals surface area contributed by atoms with Crippen molar-refractivity contribution in [1.82, 2.24) is 9.80 Å². The Kier molecular flexibility index (Phi) is 5.03. The summed E-state index contributed by atoms with van der Waals surface area (Å²) in [5.74, 6) is -0.490. The maximum absolute atomic E-state index is 14.0. The zero-order valence-corrected chi connectivity index (χ0v) is 20.0. The lowest BCUT2D eigenvalue weighted by atomic mass is 9.52. The van der Waals surface area contributed by atoms with E-state index in [1.165, 1.54) is 12.8 Å². The highest BCUT2D eigenvalue weighted by Crippen LogP contribution is 2.62. The van der Waals surface area contributed by atoms with Crippen molar-refractivity contribution in [3.8, 4) is 11.5 Å². The molecule has 34 heavy (non-hydrogen) atoms. The Morgan fingerprint density at radius 2 is 1.94 bits per heavy atom. The zero-order chi connectivity index (χ0) is 23.8. The maximum atomic E-state index is 14.0. The number of phenolic OH excluding ortho intramolecular Hbond substituents is 1. The van der Waals surface area contributed by atoms with Gasteiger partial charge < -0.3 is 24.6 Å². The first kappa shape index (κ1) is 22.3. The molecule has 8 nitrogen and oxygen atoms in total. The number of ketones is 1. The third-order valence-corrected chi connectivity index (χ3v) is 9.12. The smallest absolute Gasteiger partial charge is 0.233 e. The number of benzene rings is 1. The summed E-state index contributed by atoms with van der Waals surface area (Å²) in [6.45, 7) is 7.05. The number of carbonyl (C=O) groups is 2. The van der Waals surface area contributed by atoms with Crippen LogP contribution in [0.5, 0.6) is 11.5 Å². The van der Waals surface area contributed by atoms with Crippen LogP contribution in [0.15, 0.2) is 12.1 Å². The van der Waals surface area contributed by atoms with Crippen LogP contribution in [0, 0.1) is 11.8 Å². The van der Waals surface area contributed by atoms with Gasteiger partial charge in [-0.2, -0.15) is 0 Å². The van der Waals surface area contributed by atoms with Crippen LogP contribution in [0.25, 0.3) is 0 Å². The van der Waals surface area contributed by atoms with Crippen LogP contribution in [-0.2, 0) is 26.2 Å². The predicted molar refractivity (Wildman–Crippen MR) is 123 cm³/mol. The number of hydrogen-bond donors (Lipinski definition) is 2. The molecule has 3 heterocycles. The van der Waals surface area contributed by atoms with Gasteiger partial charge in [0.1, 0.15) is 0 Å². The number of aromatic hydroxyl groups is 1.